The summed E-state index contributed by atoms with van der Waals surface area (Å²) in [5.74, 6) is 0.110. The Morgan fingerprint density at radius 3 is 2.67 bits per heavy atom. The lowest BCUT2D eigenvalue weighted by atomic mass is 10.1. The second kappa shape index (κ2) is 5.27. The third-order valence-electron chi connectivity index (χ3n) is 2.79. The number of halogens is 1. The van der Waals surface area contributed by atoms with Crippen molar-refractivity contribution in [2.45, 2.75) is 19.9 Å². The molecule has 2 rings (SSSR count). The van der Waals surface area contributed by atoms with E-state index in [0.717, 1.165) is 11.1 Å². The summed E-state index contributed by atoms with van der Waals surface area (Å²) in [7, 11) is 0. The van der Waals surface area contributed by atoms with Crippen molar-refractivity contribution in [3.63, 3.8) is 0 Å². The van der Waals surface area contributed by atoms with Crippen LogP contribution in [0.3, 0.4) is 0 Å². The van der Waals surface area contributed by atoms with Crippen molar-refractivity contribution in [2.75, 3.05) is 0 Å². The van der Waals surface area contributed by atoms with E-state index in [9.17, 15) is 4.79 Å². The van der Waals surface area contributed by atoms with E-state index in [1.807, 2.05) is 32.0 Å². The molecule has 0 aliphatic carbocycles. The van der Waals surface area contributed by atoms with Gasteiger partial charge in [0.1, 0.15) is 0 Å². The van der Waals surface area contributed by atoms with Gasteiger partial charge >= 0.3 is 0 Å². The van der Waals surface area contributed by atoms with Crippen LogP contribution in [-0.4, -0.2) is 5.91 Å². The Balaban J connectivity index is 2.13. The first-order valence-electron chi connectivity index (χ1n) is 5.69. The molecule has 1 amide bonds. The van der Waals surface area contributed by atoms with Gasteiger partial charge in [0.05, 0.1) is 12.3 Å². The van der Waals surface area contributed by atoms with Crippen molar-refractivity contribution in [2.24, 2.45) is 0 Å². The van der Waals surface area contributed by atoms with E-state index in [1.54, 1.807) is 12.1 Å². The van der Waals surface area contributed by atoms with Crippen LogP contribution in [0.2, 0.25) is 5.02 Å². The molecule has 0 radical (unpaired) electrons. The molecule has 1 unspecified atom stereocenters. The Bertz CT molecular complexity index is 562. The molecule has 1 atom stereocenters. The zero-order chi connectivity index (χ0) is 13.1. The molecule has 94 valence electrons. The van der Waals surface area contributed by atoms with E-state index in [0.29, 0.717) is 10.8 Å². The molecule has 1 N–H and O–H groups in total. The average molecular weight is 264 g/mol. The standard InChI is InChI=1S/C14H14ClNO2/c1-9-7-8-18-13(9)14(17)16-10(2)11-5-3-4-6-12(11)15/h3-8,10H,1-2H3,(H,16,17). The van der Waals surface area contributed by atoms with Gasteiger partial charge in [0.2, 0.25) is 0 Å². The van der Waals surface area contributed by atoms with Gasteiger partial charge in [-0.25, -0.2) is 0 Å². The molecule has 1 heterocycles. The number of benzene rings is 1. The van der Waals surface area contributed by atoms with E-state index in [2.05, 4.69) is 5.32 Å². The first-order chi connectivity index (χ1) is 8.59. The number of rotatable bonds is 3. The van der Waals surface area contributed by atoms with Gasteiger partial charge in [0.15, 0.2) is 5.76 Å². The van der Waals surface area contributed by atoms with Gasteiger partial charge < -0.3 is 9.73 Å². The molecule has 1 aromatic carbocycles. The Hall–Kier alpha value is -1.74. The third-order valence-corrected chi connectivity index (χ3v) is 3.13. The van der Waals surface area contributed by atoms with Crippen LogP contribution in [0, 0.1) is 6.92 Å². The largest absolute Gasteiger partial charge is 0.459 e. The van der Waals surface area contributed by atoms with Gasteiger partial charge in [-0.05, 0) is 31.5 Å². The summed E-state index contributed by atoms with van der Waals surface area (Å²) in [6, 6.07) is 9.03. The summed E-state index contributed by atoms with van der Waals surface area (Å²) in [5.41, 5.74) is 1.70. The number of aryl methyl sites for hydroxylation is 1. The topological polar surface area (TPSA) is 42.2 Å². The van der Waals surface area contributed by atoms with E-state index in [1.165, 1.54) is 6.26 Å². The van der Waals surface area contributed by atoms with Crippen LogP contribution in [0.15, 0.2) is 41.0 Å². The van der Waals surface area contributed by atoms with Gasteiger partial charge in [-0.1, -0.05) is 29.8 Å². The SMILES string of the molecule is Cc1ccoc1C(=O)NC(C)c1ccccc1Cl. The molecule has 0 saturated heterocycles. The number of hydrogen-bond donors (Lipinski definition) is 1. The number of carbonyl (C=O) groups excluding carboxylic acids is 1. The molecular formula is C14H14ClNO2. The summed E-state index contributed by atoms with van der Waals surface area (Å²) in [4.78, 5) is 12.0. The molecule has 1 aromatic heterocycles. The van der Waals surface area contributed by atoms with E-state index >= 15 is 0 Å². The normalized spacial score (nSPS) is 12.2. The van der Waals surface area contributed by atoms with Crippen LogP contribution in [0.4, 0.5) is 0 Å². The maximum absolute atomic E-state index is 12.0. The Labute approximate surface area is 111 Å². The third kappa shape index (κ3) is 2.57. The maximum Gasteiger partial charge on any atom is 0.287 e. The minimum atomic E-state index is -0.232. The fourth-order valence-electron chi connectivity index (χ4n) is 1.77. The quantitative estimate of drug-likeness (QED) is 0.917. The summed E-state index contributed by atoms with van der Waals surface area (Å²) in [6.07, 6.45) is 1.50. The van der Waals surface area contributed by atoms with Gasteiger partial charge in [0.25, 0.3) is 5.91 Å². The summed E-state index contributed by atoms with van der Waals surface area (Å²) in [6.45, 7) is 3.72. The van der Waals surface area contributed by atoms with Crippen molar-refractivity contribution in [3.8, 4) is 0 Å². The molecule has 0 aliphatic rings. The number of furan rings is 1. The van der Waals surface area contributed by atoms with E-state index < -0.39 is 0 Å². The number of amides is 1. The van der Waals surface area contributed by atoms with Crippen LogP contribution in [0.1, 0.15) is 34.6 Å². The van der Waals surface area contributed by atoms with Crippen LogP contribution < -0.4 is 5.32 Å². The van der Waals surface area contributed by atoms with Crippen LogP contribution in [-0.2, 0) is 0 Å². The van der Waals surface area contributed by atoms with Gasteiger partial charge in [-0.3, -0.25) is 4.79 Å². The predicted octanol–water partition coefficient (Wildman–Crippen LogP) is 3.73. The van der Waals surface area contributed by atoms with Crippen LogP contribution in [0.5, 0.6) is 0 Å². The predicted molar refractivity (Wildman–Crippen MR) is 70.8 cm³/mol. The van der Waals surface area contributed by atoms with Gasteiger partial charge in [0, 0.05) is 10.6 Å². The zero-order valence-corrected chi connectivity index (χ0v) is 11.0. The second-order valence-corrected chi connectivity index (χ2v) is 4.56. The molecule has 0 spiro atoms. The van der Waals surface area contributed by atoms with Crippen LogP contribution >= 0.6 is 11.6 Å². The highest BCUT2D eigenvalue weighted by atomic mass is 35.5. The van der Waals surface area contributed by atoms with E-state index in [-0.39, 0.29) is 11.9 Å². The lowest BCUT2D eigenvalue weighted by Crippen LogP contribution is -2.26. The highest BCUT2D eigenvalue weighted by Gasteiger charge is 2.17. The first-order valence-corrected chi connectivity index (χ1v) is 6.06. The van der Waals surface area contributed by atoms with Crippen molar-refractivity contribution in [1.82, 2.24) is 5.32 Å². The second-order valence-electron chi connectivity index (χ2n) is 4.15. The first kappa shape index (κ1) is 12.7. The molecule has 0 bridgehead atoms. The highest BCUT2D eigenvalue weighted by Crippen LogP contribution is 2.22. The maximum atomic E-state index is 12.0. The summed E-state index contributed by atoms with van der Waals surface area (Å²) in [5, 5.41) is 3.50. The highest BCUT2D eigenvalue weighted by molar-refractivity contribution is 6.31. The molecule has 0 aliphatic heterocycles. The van der Waals surface area contributed by atoms with Crippen LogP contribution in [0.25, 0.3) is 0 Å². The Morgan fingerprint density at radius 2 is 2.06 bits per heavy atom. The lowest BCUT2D eigenvalue weighted by Gasteiger charge is -2.15. The summed E-state index contributed by atoms with van der Waals surface area (Å²) < 4.78 is 5.15. The van der Waals surface area contributed by atoms with Crippen molar-refractivity contribution < 1.29 is 9.21 Å². The fourth-order valence-corrected chi connectivity index (χ4v) is 2.07. The molecule has 3 nitrogen and oxygen atoms in total. The smallest absolute Gasteiger partial charge is 0.287 e. The van der Waals surface area contributed by atoms with E-state index in [4.69, 9.17) is 16.0 Å². The number of hydrogen-bond acceptors (Lipinski definition) is 2. The van der Waals surface area contributed by atoms with Crippen molar-refractivity contribution >= 4 is 17.5 Å². The Kier molecular flexibility index (Phi) is 3.72. The van der Waals surface area contributed by atoms with Crippen molar-refractivity contribution in [3.05, 3.63) is 58.5 Å². The number of carbonyl (C=O) groups is 1. The molecule has 18 heavy (non-hydrogen) atoms. The molecular weight excluding hydrogens is 250 g/mol. The molecule has 0 fully saturated rings. The van der Waals surface area contributed by atoms with Gasteiger partial charge in [-0.15, -0.1) is 0 Å². The number of nitrogens with one attached hydrogen (secondary N) is 1. The minimum Gasteiger partial charge on any atom is -0.459 e. The lowest BCUT2D eigenvalue weighted by molar-refractivity contribution is 0.0911. The molecule has 4 heteroatoms. The van der Waals surface area contributed by atoms with Gasteiger partial charge in [-0.2, -0.15) is 0 Å². The summed E-state index contributed by atoms with van der Waals surface area (Å²) >= 11 is 6.08. The molecule has 0 saturated carbocycles. The average Bonchev–Trinajstić information content (AvgIpc) is 2.76. The zero-order valence-electron chi connectivity index (χ0n) is 10.2. The minimum absolute atomic E-state index is 0.171. The fraction of sp³-hybridized carbons (Fsp3) is 0.214. The monoisotopic (exact) mass is 263 g/mol. The van der Waals surface area contributed by atoms with Crippen molar-refractivity contribution in [1.29, 1.82) is 0 Å². The Morgan fingerprint density at radius 1 is 1.33 bits per heavy atom. The molecule has 2 aromatic rings.